The molecule has 22 heavy (non-hydrogen) atoms. The zero-order valence-electron chi connectivity index (χ0n) is 13.3. The van der Waals surface area contributed by atoms with Crippen molar-refractivity contribution < 1.29 is 5.11 Å². The van der Waals surface area contributed by atoms with E-state index in [-0.39, 0.29) is 0 Å². The summed E-state index contributed by atoms with van der Waals surface area (Å²) in [5.41, 5.74) is 0.256. The van der Waals surface area contributed by atoms with E-state index in [0.717, 1.165) is 16.4 Å². The molecule has 118 valence electrons. The van der Waals surface area contributed by atoms with Gasteiger partial charge in [-0.2, -0.15) is 0 Å². The number of hydrogen-bond donors (Lipinski definition) is 2. The van der Waals surface area contributed by atoms with Gasteiger partial charge in [0.15, 0.2) is 5.96 Å². The molecule has 0 saturated carbocycles. The summed E-state index contributed by atoms with van der Waals surface area (Å²) >= 11 is 1.56. The van der Waals surface area contributed by atoms with Crippen molar-refractivity contribution in [3.05, 3.63) is 58.3 Å². The van der Waals surface area contributed by atoms with Crippen LogP contribution in [0.5, 0.6) is 0 Å². The predicted octanol–water partition coefficient (Wildman–Crippen LogP) is 2.66. The molecule has 0 aliphatic heterocycles. The first-order valence-corrected chi connectivity index (χ1v) is 8.13. The molecule has 4 nitrogen and oxygen atoms in total. The highest BCUT2D eigenvalue weighted by atomic mass is 32.1. The molecule has 0 amide bonds. The fraction of sp³-hybridized carbons (Fsp3) is 0.353. The van der Waals surface area contributed by atoms with E-state index in [4.69, 9.17) is 0 Å². The van der Waals surface area contributed by atoms with E-state index in [1.54, 1.807) is 11.3 Å². The third kappa shape index (κ3) is 4.58. The molecule has 2 rings (SSSR count). The quantitative estimate of drug-likeness (QED) is 0.658. The second-order valence-electron chi connectivity index (χ2n) is 5.62. The van der Waals surface area contributed by atoms with Crippen LogP contribution in [0, 0.1) is 0 Å². The fourth-order valence-corrected chi connectivity index (χ4v) is 2.82. The molecule has 0 fully saturated rings. The number of benzene rings is 1. The first-order chi connectivity index (χ1) is 10.5. The minimum absolute atomic E-state index is 0.416. The SMILES string of the molecule is CN(C)C(=NCc1ccccc1)NCC(C)(O)c1cccs1. The lowest BCUT2D eigenvalue weighted by molar-refractivity contribution is 0.0651. The van der Waals surface area contributed by atoms with E-state index in [1.807, 2.05) is 61.6 Å². The summed E-state index contributed by atoms with van der Waals surface area (Å²) in [5.74, 6) is 0.765. The van der Waals surface area contributed by atoms with E-state index < -0.39 is 5.60 Å². The Balaban J connectivity index is 2.00. The van der Waals surface area contributed by atoms with Gasteiger partial charge in [0.25, 0.3) is 0 Å². The van der Waals surface area contributed by atoms with Crippen molar-refractivity contribution in [2.75, 3.05) is 20.6 Å². The standard InChI is InChI=1S/C17H23N3OS/c1-17(21,15-10-7-11-22-15)13-19-16(20(2)3)18-12-14-8-5-4-6-9-14/h4-11,21H,12-13H2,1-3H3,(H,18,19). The first kappa shape index (κ1) is 16.5. The number of nitrogens with zero attached hydrogens (tertiary/aromatic N) is 2. The highest BCUT2D eigenvalue weighted by molar-refractivity contribution is 7.10. The van der Waals surface area contributed by atoms with Gasteiger partial charge in [-0.05, 0) is 23.9 Å². The van der Waals surface area contributed by atoms with E-state index >= 15 is 0 Å². The third-order valence-electron chi connectivity index (χ3n) is 3.32. The van der Waals surface area contributed by atoms with Crippen molar-refractivity contribution in [2.45, 2.75) is 19.1 Å². The van der Waals surface area contributed by atoms with Gasteiger partial charge in [-0.1, -0.05) is 36.4 Å². The predicted molar refractivity (Wildman–Crippen MR) is 93.2 cm³/mol. The topological polar surface area (TPSA) is 47.9 Å². The van der Waals surface area contributed by atoms with Gasteiger partial charge >= 0.3 is 0 Å². The van der Waals surface area contributed by atoms with Crippen LogP contribution in [0.4, 0.5) is 0 Å². The minimum Gasteiger partial charge on any atom is -0.383 e. The Hall–Kier alpha value is -1.85. The summed E-state index contributed by atoms with van der Waals surface area (Å²) in [5, 5.41) is 15.8. The summed E-state index contributed by atoms with van der Waals surface area (Å²) in [6.07, 6.45) is 0. The molecule has 1 aromatic carbocycles. The summed E-state index contributed by atoms with van der Waals surface area (Å²) < 4.78 is 0. The van der Waals surface area contributed by atoms with Gasteiger partial charge in [0.1, 0.15) is 5.60 Å². The molecule has 0 radical (unpaired) electrons. The number of guanidine groups is 1. The van der Waals surface area contributed by atoms with Crippen LogP contribution < -0.4 is 5.32 Å². The monoisotopic (exact) mass is 317 g/mol. The third-order valence-corrected chi connectivity index (χ3v) is 4.44. The van der Waals surface area contributed by atoms with E-state index in [9.17, 15) is 5.11 Å². The van der Waals surface area contributed by atoms with Crippen molar-refractivity contribution in [2.24, 2.45) is 4.99 Å². The Labute approximate surface area is 136 Å². The summed E-state index contributed by atoms with van der Waals surface area (Å²) in [7, 11) is 3.88. The maximum absolute atomic E-state index is 10.6. The molecule has 0 spiro atoms. The largest absolute Gasteiger partial charge is 0.383 e. The van der Waals surface area contributed by atoms with Gasteiger partial charge in [0, 0.05) is 19.0 Å². The minimum atomic E-state index is -0.905. The number of hydrogen-bond acceptors (Lipinski definition) is 3. The molecule has 1 aromatic heterocycles. The normalized spacial score (nSPS) is 14.5. The number of nitrogens with one attached hydrogen (secondary N) is 1. The molecule has 1 heterocycles. The maximum atomic E-state index is 10.6. The lowest BCUT2D eigenvalue weighted by Crippen LogP contribution is -2.43. The number of rotatable bonds is 5. The van der Waals surface area contributed by atoms with Crippen molar-refractivity contribution in [3.63, 3.8) is 0 Å². The molecular formula is C17H23N3OS. The van der Waals surface area contributed by atoms with Gasteiger partial charge in [-0.25, -0.2) is 4.99 Å². The summed E-state index contributed by atoms with van der Waals surface area (Å²) in [4.78, 5) is 7.47. The highest BCUT2D eigenvalue weighted by Gasteiger charge is 2.24. The Bertz CT molecular complexity index is 592. The van der Waals surface area contributed by atoms with Crippen molar-refractivity contribution in [3.8, 4) is 0 Å². The van der Waals surface area contributed by atoms with Gasteiger partial charge in [-0.15, -0.1) is 11.3 Å². The first-order valence-electron chi connectivity index (χ1n) is 7.25. The molecule has 0 bridgehead atoms. The lowest BCUT2D eigenvalue weighted by Gasteiger charge is -2.25. The molecule has 0 aliphatic rings. The van der Waals surface area contributed by atoms with E-state index in [0.29, 0.717) is 13.1 Å². The van der Waals surface area contributed by atoms with Crippen LogP contribution in [0.2, 0.25) is 0 Å². The van der Waals surface area contributed by atoms with Crippen LogP contribution in [-0.4, -0.2) is 36.6 Å². The van der Waals surface area contributed by atoms with Gasteiger partial charge in [-0.3, -0.25) is 0 Å². The van der Waals surface area contributed by atoms with E-state index in [1.165, 1.54) is 0 Å². The Morgan fingerprint density at radius 1 is 1.23 bits per heavy atom. The van der Waals surface area contributed by atoms with Crippen LogP contribution in [0.1, 0.15) is 17.4 Å². The smallest absolute Gasteiger partial charge is 0.193 e. The molecular weight excluding hydrogens is 294 g/mol. The molecule has 1 unspecified atom stereocenters. The van der Waals surface area contributed by atoms with Crippen LogP contribution in [0.15, 0.2) is 52.8 Å². The molecule has 2 N–H and O–H groups in total. The second kappa shape index (κ2) is 7.42. The number of aliphatic hydroxyl groups is 1. The zero-order valence-corrected chi connectivity index (χ0v) is 14.1. The Morgan fingerprint density at radius 3 is 2.55 bits per heavy atom. The lowest BCUT2D eigenvalue weighted by atomic mass is 10.1. The Morgan fingerprint density at radius 2 is 1.95 bits per heavy atom. The maximum Gasteiger partial charge on any atom is 0.193 e. The molecule has 1 atom stereocenters. The summed E-state index contributed by atoms with van der Waals surface area (Å²) in [6, 6.07) is 14.0. The number of thiophene rings is 1. The fourth-order valence-electron chi connectivity index (χ4n) is 2.03. The van der Waals surface area contributed by atoms with Crippen molar-refractivity contribution in [1.29, 1.82) is 0 Å². The van der Waals surface area contributed by atoms with Crippen LogP contribution in [0.3, 0.4) is 0 Å². The molecule has 0 saturated heterocycles. The van der Waals surface area contributed by atoms with Gasteiger partial charge in [0.2, 0.25) is 0 Å². The molecule has 0 aliphatic carbocycles. The van der Waals surface area contributed by atoms with Gasteiger partial charge in [0.05, 0.1) is 13.1 Å². The number of aliphatic imine (C=N–C) groups is 1. The van der Waals surface area contributed by atoms with Crippen molar-refractivity contribution in [1.82, 2.24) is 10.2 Å². The zero-order chi connectivity index (χ0) is 16.0. The van der Waals surface area contributed by atoms with E-state index in [2.05, 4.69) is 22.4 Å². The average molecular weight is 317 g/mol. The molecule has 2 aromatic rings. The Kier molecular flexibility index (Phi) is 5.57. The van der Waals surface area contributed by atoms with Gasteiger partial charge < -0.3 is 15.3 Å². The van der Waals surface area contributed by atoms with Crippen LogP contribution in [0.25, 0.3) is 0 Å². The average Bonchev–Trinajstić information content (AvgIpc) is 3.03. The highest BCUT2D eigenvalue weighted by Crippen LogP contribution is 2.24. The van der Waals surface area contributed by atoms with Crippen molar-refractivity contribution >= 4 is 17.3 Å². The second-order valence-corrected chi connectivity index (χ2v) is 6.57. The molecule has 5 heteroatoms. The van der Waals surface area contributed by atoms with Crippen LogP contribution >= 0.6 is 11.3 Å². The van der Waals surface area contributed by atoms with Crippen LogP contribution in [-0.2, 0) is 12.1 Å². The summed E-state index contributed by atoms with van der Waals surface area (Å²) in [6.45, 7) is 2.85.